The van der Waals surface area contributed by atoms with E-state index in [-0.39, 0.29) is 11.9 Å². The van der Waals surface area contributed by atoms with Crippen LogP contribution in [0.25, 0.3) is 0 Å². The number of hydrogen-bond donors (Lipinski definition) is 0. The Labute approximate surface area is 158 Å². The van der Waals surface area contributed by atoms with Crippen molar-refractivity contribution in [2.75, 3.05) is 6.54 Å². The standard InChI is InChI=1S/C21H23N5O/c1-15-10-18(12-22-11-15)21(27)25-13-16(2)26-19(23-24-20(26)14-25)9-8-17-6-4-3-5-7-17/h3-7,10-12,16H,8-9,13-14H2,1-2H3/t16-/m0/s1. The summed E-state index contributed by atoms with van der Waals surface area (Å²) < 4.78 is 2.20. The molecule has 6 heteroatoms. The fourth-order valence-electron chi connectivity index (χ4n) is 3.69. The van der Waals surface area contributed by atoms with Crippen molar-refractivity contribution in [3.63, 3.8) is 0 Å². The van der Waals surface area contributed by atoms with Crippen LogP contribution in [0.15, 0.2) is 48.8 Å². The van der Waals surface area contributed by atoms with Crippen LogP contribution in [0, 0.1) is 6.92 Å². The molecule has 2 aromatic heterocycles. The lowest BCUT2D eigenvalue weighted by Gasteiger charge is -2.32. The third-order valence-electron chi connectivity index (χ3n) is 4.98. The highest BCUT2D eigenvalue weighted by Crippen LogP contribution is 2.23. The number of nitrogens with zero attached hydrogens (tertiary/aromatic N) is 5. The van der Waals surface area contributed by atoms with Crippen molar-refractivity contribution in [2.24, 2.45) is 0 Å². The molecule has 0 radical (unpaired) electrons. The Bertz CT molecular complexity index is 950. The maximum Gasteiger partial charge on any atom is 0.255 e. The minimum atomic E-state index is -0.00173. The van der Waals surface area contributed by atoms with Gasteiger partial charge in [0.05, 0.1) is 18.2 Å². The van der Waals surface area contributed by atoms with Crippen molar-refractivity contribution < 1.29 is 4.79 Å². The number of hydrogen-bond acceptors (Lipinski definition) is 4. The molecule has 1 atom stereocenters. The molecule has 1 amide bonds. The van der Waals surface area contributed by atoms with E-state index in [2.05, 4.69) is 50.9 Å². The number of rotatable bonds is 4. The summed E-state index contributed by atoms with van der Waals surface area (Å²) >= 11 is 0. The molecule has 6 nitrogen and oxygen atoms in total. The van der Waals surface area contributed by atoms with E-state index in [0.717, 1.165) is 30.1 Å². The van der Waals surface area contributed by atoms with Gasteiger partial charge in [-0.15, -0.1) is 10.2 Å². The Kier molecular flexibility index (Phi) is 4.71. The highest BCUT2D eigenvalue weighted by atomic mass is 16.2. The van der Waals surface area contributed by atoms with Crippen molar-refractivity contribution >= 4 is 5.91 Å². The van der Waals surface area contributed by atoms with Crippen LogP contribution in [0.2, 0.25) is 0 Å². The van der Waals surface area contributed by atoms with Gasteiger partial charge in [0.15, 0.2) is 5.82 Å². The second-order valence-electron chi connectivity index (χ2n) is 7.17. The average Bonchev–Trinajstić information content (AvgIpc) is 3.10. The molecule has 0 saturated carbocycles. The van der Waals surface area contributed by atoms with Gasteiger partial charge in [0, 0.05) is 25.4 Å². The number of benzene rings is 1. The van der Waals surface area contributed by atoms with Crippen molar-refractivity contribution in [3.8, 4) is 0 Å². The second kappa shape index (κ2) is 7.31. The molecule has 4 rings (SSSR count). The maximum absolute atomic E-state index is 12.9. The Morgan fingerprint density at radius 1 is 1.15 bits per heavy atom. The van der Waals surface area contributed by atoms with Crippen LogP contribution in [0.4, 0.5) is 0 Å². The van der Waals surface area contributed by atoms with E-state index >= 15 is 0 Å². The van der Waals surface area contributed by atoms with Gasteiger partial charge in [-0.2, -0.15) is 0 Å². The molecule has 1 aliphatic heterocycles. The molecule has 0 N–H and O–H groups in total. The van der Waals surface area contributed by atoms with Crippen molar-refractivity contribution in [1.29, 1.82) is 0 Å². The summed E-state index contributed by atoms with van der Waals surface area (Å²) in [4.78, 5) is 18.8. The molecular formula is C21H23N5O. The first-order valence-corrected chi connectivity index (χ1v) is 9.29. The second-order valence-corrected chi connectivity index (χ2v) is 7.17. The predicted molar refractivity (Wildman–Crippen MR) is 102 cm³/mol. The van der Waals surface area contributed by atoms with E-state index in [1.165, 1.54) is 5.56 Å². The van der Waals surface area contributed by atoms with Gasteiger partial charge in [-0.1, -0.05) is 30.3 Å². The summed E-state index contributed by atoms with van der Waals surface area (Å²) in [6.07, 6.45) is 5.16. The molecule has 0 fully saturated rings. The Morgan fingerprint density at radius 2 is 1.96 bits per heavy atom. The molecule has 27 heavy (non-hydrogen) atoms. The molecule has 1 aromatic carbocycles. The molecular weight excluding hydrogens is 338 g/mol. The van der Waals surface area contributed by atoms with Gasteiger partial charge < -0.3 is 9.47 Å². The van der Waals surface area contributed by atoms with Gasteiger partial charge >= 0.3 is 0 Å². The topological polar surface area (TPSA) is 63.9 Å². The first kappa shape index (κ1) is 17.4. The summed E-state index contributed by atoms with van der Waals surface area (Å²) in [6.45, 7) is 5.19. The molecule has 138 valence electrons. The van der Waals surface area contributed by atoms with Crippen LogP contribution in [0.1, 0.15) is 46.1 Å². The molecule has 0 unspecified atom stereocenters. The first-order valence-electron chi connectivity index (χ1n) is 9.29. The minimum Gasteiger partial charge on any atom is -0.329 e. The lowest BCUT2D eigenvalue weighted by molar-refractivity contribution is 0.0679. The highest BCUT2D eigenvalue weighted by molar-refractivity contribution is 5.94. The predicted octanol–water partition coefficient (Wildman–Crippen LogP) is 2.98. The van der Waals surface area contributed by atoms with Gasteiger partial charge in [-0.3, -0.25) is 9.78 Å². The van der Waals surface area contributed by atoms with Crippen LogP contribution in [0.5, 0.6) is 0 Å². The smallest absolute Gasteiger partial charge is 0.255 e. The number of amides is 1. The van der Waals surface area contributed by atoms with Crippen molar-refractivity contribution in [2.45, 2.75) is 39.3 Å². The lowest BCUT2D eigenvalue weighted by atomic mass is 10.1. The third-order valence-corrected chi connectivity index (χ3v) is 4.98. The van der Waals surface area contributed by atoms with Crippen molar-refractivity contribution in [3.05, 3.63) is 77.1 Å². The SMILES string of the molecule is Cc1cncc(C(=O)N2Cc3nnc(CCc4ccccc4)n3[C@@H](C)C2)c1. The number of carbonyl (C=O) groups excluding carboxylic acids is 1. The normalized spacial score (nSPS) is 16.2. The summed E-state index contributed by atoms with van der Waals surface area (Å²) in [7, 11) is 0. The molecule has 0 aliphatic carbocycles. The number of pyridine rings is 1. The van der Waals surface area contributed by atoms with Crippen LogP contribution < -0.4 is 0 Å². The summed E-state index contributed by atoms with van der Waals surface area (Å²) in [6, 6.07) is 12.4. The quantitative estimate of drug-likeness (QED) is 0.717. The molecule has 1 aliphatic rings. The zero-order valence-corrected chi connectivity index (χ0v) is 15.7. The highest BCUT2D eigenvalue weighted by Gasteiger charge is 2.29. The summed E-state index contributed by atoms with van der Waals surface area (Å²) in [5, 5.41) is 8.77. The number of aromatic nitrogens is 4. The van der Waals surface area contributed by atoms with E-state index in [9.17, 15) is 4.79 Å². The van der Waals surface area contributed by atoms with Gasteiger partial charge in [0.1, 0.15) is 5.82 Å². The fraction of sp³-hybridized carbons (Fsp3) is 0.333. The van der Waals surface area contributed by atoms with E-state index in [1.54, 1.807) is 12.4 Å². The molecule has 3 heterocycles. The fourth-order valence-corrected chi connectivity index (χ4v) is 3.69. The number of carbonyl (C=O) groups is 1. The number of aryl methyl sites for hydroxylation is 3. The van der Waals surface area contributed by atoms with Gasteiger partial charge in [0.25, 0.3) is 5.91 Å². The van der Waals surface area contributed by atoms with Gasteiger partial charge in [-0.25, -0.2) is 0 Å². The van der Waals surface area contributed by atoms with Crippen LogP contribution in [0.3, 0.4) is 0 Å². The maximum atomic E-state index is 12.9. The minimum absolute atomic E-state index is 0.00173. The Hall–Kier alpha value is -3.02. The zero-order valence-electron chi connectivity index (χ0n) is 15.7. The van der Waals surface area contributed by atoms with Crippen LogP contribution in [-0.4, -0.2) is 37.1 Å². The van der Waals surface area contributed by atoms with Crippen LogP contribution >= 0.6 is 0 Å². The van der Waals surface area contributed by atoms with E-state index in [1.807, 2.05) is 24.0 Å². The van der Waals surface area contributed by atoms with E-state index in [0.29, 0.717) is 18.7 Å². The molecule has 0 spiro atoms. The molecule has 0 saturated heterocycles. The summed E-state index contributed by atoms with van der Waals surface area (Å²) in [5.41, 5.74) is 2.90. The van der Waals surface area contributed by atoms with Crippen molar-refractivity contribution in [1.82, 2.24) is 24.6 Å². The zero-order chi connectivity index (χ0) is 18.8. The lowest BCUT2D eigenvalue weighted by Crippen LogP contribution is -2.40. The summed E-state index contributed by atoms with van der Waals surface area (Å²) in [5.74, 6) is 1.84. The van der Waals surface area contributed by atoms with E-state index < -0.39 is 0 Å². The van der Waals surface area contributed by atoms with Crippen LogP contribution in [-0.2, 0) is 19.4 Å². The van der Waals surface area contributed by atoms with Gasteiger partial charge in [-0.05, 0) is 37.5 Å². The monoisotopic (exact) mass is 361 g/mol. The number of fused-ring (bicyclic) bond motifs is 1. The molecule has 3 aromatic rings. The largest absolute Gasteiger partial charge is 0.329 e. The first-order chi connectivity index (χ1) is 13.1. The Balaban J connectivity index is 1.50. The molecule has 0 bridgehead atoms. The van der Waals surface area contributed by atoms with Gasteiger partial charge in [0.2, 0.25) is 0 Å². The Morgan fingerprint density at radius 3 is 2.74 bits per heavy atom. The van der Waals surface area contributed by atoms with E-state index in [4.69, 9.17) is 0 Å². The third kappa shape index (κ3) is 3.60. The average molecular weight is 361 g/mol.